The molecule has 0 aliphatic heterocycles. The maximum Gasteiger partial charge on any atom is 0.256 e. The first-order valence-corrected chi connectivity index (χ1v) is 22.4. The minimum atomic E-state index is 1.23. The van der Waals surface area contributed by atoms with Crippen molar-refractivity contribution < 1.29 is 4.57 Å². The summed E-state index contributed by atoms with van der Waals surface area (Å²) in [6.45, 7) is 9.41. The summed E-state index contributed by atoms with van der Waals surface area (Å²) < 4.78 is 5.29. The van der Waals surface area contributed by atoms with E-state index in [1.165, 1.54) is 251 Å². The first-order valence-electron chi connectivity index (χ1n) is 22.4. The van der Waals surface area contributed by atoms with E-state index in [2.05, 4.69) is 42.3 Å². The van der Waals surface area contributed by atoms with E-state index in [1.807, 2.05) is 0 Å². The first-order chi connectivity index (χ1) is 23.3. The maximum atomic E-state index is 2.65. The highest BCUT2D eigenvalue weighted by Gasteiger charge is 2.16. The maximum absolute atomic E-state index is 2.65. The van der Waals surface area contributed by atoms with E-state index in [0.29, 0.717) is 0 Å². The summed E-state index contributed by atoms with van der Waals surface area (Å²) in [5, 5.41) is 0. The molecule has 1 rings (SSSR count). The molecule has 0 aliphatic rings. The van der Waals surface area contributed by atoms with Gasteiger partial charge in [-0.3, -0.25) is 0 Å². The zero-order chi connectivity index (χ0) is 33.7. The molecule has 0 saturated heterocycles. The molecule has 1 heterocycles. The lowest BCUT2D eigenvalue weighted by molar-refractivity contribution is -0.704. The summed E-state index contributed by atoms with van der Waals surface area (Å²) in [5.74, 6) is 1.63. The largest absolute Gasteiger partial charge is 0.256 e. The van der Waals surface area contributed by atoms with Crippen molar-refractivity contribution in [1.29, 1.82) is 0 Å². The van der Waals surface area contributed by atoms with Crippen LogP contribution in [0.15, 0.2) is 12.4 Å². The summed E-state index contributed by atoms with van der Waals surface area (Å²) in [7, 11) is 0. The van der Waals surface area contributed by atoms with E-state index in [4.69, 9.17) is 0 Å². The van der Waals surface area contributed by atoms with E-state index in [1.54, 1.807) is 5.82 Å². The molecule has 1 aromatic rings. The number of hydrogen-bond donors (Lipinski definition) is 0. The van der Waals surface area contributed by atoms with Crippen LogP contribution in [-0.4, -0.2) is 4.57 Å². The Morgan fingerprint density at radius 1 is 0.362 bits per heavy atom. The van der Waals surface area contributed by atoms with E-state index in [-0.39, 0.29) is 0 Å². The molecule has 1 aromatic heterocycles. The van der Waals surface area contributed by atoms with Crippen LogP contribution in [0.5, 0.6) is 0 Å². The lowest BCUT2D eigenvalue weighted by Gasteiger charge is -2.07. The Kier molecular flexibility index (Phi) is 34.3. The number of aryl methyl sites for hydroxylation is 2. The second-order valence-electron chi connectivity index (χ2n) is 15.5. The standard InChI is InChI=1S/C45H89N2/c1-4-7-10-13-16-19-21-23-24-25-27-29-31-34-37-40-45-46(41-38-35-32-18-15-12-9-6-3)43-44-47(45)42-39-36-33-30-28-26-22-20-17-14-11-8-5-2/h43-44H,4-42H2,1-3H3/q+1. The monoisotopic (exact) mass is 658 g/mol. The lowest BCUT2D eigenvalue weighted by atomic mass is 10.0. The third-order valence-corrected chi connectivity index (χ3v) is 10.8. The van der Waals surface area contributed by atoms with Gasteiger partial charge in [-0.25, -0.2) is 9.13 Å². The number of hydrogen-bond acceptors (Lipinski definition) is 0. The van der Waals surface area contributed by atoms with Gasteiger partial charge in [0.15, 0.2) is 0 Å². The SMILES string of the molecule is CCCCCCCCCCCCCCCCCc1n(CCCCCCCCCC)cc[n+]1CCCCCCCCCCCCCCC. The van der Waals surface area contributed by atoms with Crippen LogP contribution >= 0.6 is 0 Å². The van der Waals surface area contributed by atoms with Crippen LogP contribution < -0.4 is 4.57 Å². The molecule has 0 amide bonds. The van der Waals surface area contributed by atoms with Crippen LogP contribution in [-0.2, 0) is 19.5 Å². The lowest BCUT2D eigenvalue weighted by Crippen LogP contribution is -2.37. The van der Waals surface area contributed by atoms with E-state index in [9.17, 15) is 0 Å². The smallest absolute Gasteiger partial charge is 0.234 e. The molecule has 2 heteroatoms. The van der Waals surface area contributed by atoms with Gasteiger partial charge in [0.2, 0.25) is 0 Å². The van der Waals surface area contributed by atoms with Crippen LogP contribution in [0.3, 0.4) is 0 Å². The molecule has 0 fully saturated rings. The highest BCUT2D eigenvalue weighted by Crippen LogP contribution is 2.16. The quantitative estimate of drug-likeness (QED) is 0.0492. The highest BCUT2D eigenvalue weighted by atomic mass is 15.1. The Balaban J connectivity index is 2.25. The van der Waals surface area contributed by atoms with Crippen LogP contribution in [0.4, 0.5) is 0 Å². The Bertz CT molecular complexity index is 722. The molecule has 47 heavy (non-hydrogen) atoms. The summed E-state index contributed by atoms with van der Waals surface area (Å²) in [6, 6.07) is 0. The summed E-state index contributed by atoms with van der Waals surface area (Å²) in [6.07, 6.45) is 57.8. The molecule has 0 aliphatic carbocycles. The Morgan fingerprint density at radius 2 is 0.660 bits per heavy atom. The van der Waals surface area contributed by atoms with Crippen LogP contribution in [0.2, 0.25) is 0 Å². The highest BCUT2D eigenvalue weighted by molar-refractivity contribution is 4.84. The van der Waals surface area contributed by atoms with Crippen molar-refractivity contribution in [3.8, 4) is 0 Å². The predicted molar refractivity (Wildman–Crippen MR) is 212 cm³/mol. The number of rotatable bonds is 39. The van der Waals surface area contributed by atoms with Crippen molar-refractivity contribution in [2.75, 3.05) is 0 Å². The topological polar surface area (TPSA) is 8.81 Å². The Labute approximate surface area is 298 Å². The van der Waals surface area contributed by atoms with Gasteiger partial charge in [-0.1, -0.05) is 220 Å². The van der Waals surface area contributed by atoms with Crippen molar-refractivity contribution in [3.63, 3.8) is 0 Å². The third-order valence-electron chi connectivity index (χ3n) is 10.8. The molecule has 0 radical (unpaired) electrons. The molecule has 0 saturated carbocycles. The second-order valence-corrected chi connectivity index (χ2v) is 15.5. The fraction of sp³-hybridized carbons (Fsp3) is 0.933. The summed E-state index contributed by atoms with van der Waals surface area (Å²) in [5.41, 5.74) is 0. The molecule has 0 N–H and O–H groups in total. The zero-order valence-electron chi connectivity index (χ0n) is 33.1. The molecule has 2 nitrogen and oxygen atoms in total. The number of aromatic nitrogens is 2. The molecule has 0 spiro atoms. The first kappa shape index (κ1) is 44.2. The Hall–Kier alpha value is -0.790. The van der Waals surface area contributed by atoms with E-state index >= 15 is 0 Å². The van der Waals surface area contributed by atoms with E-state index in [0.717, 1.165) is 0 Å². The third kappa shape index (κ3) is 28.7. The van der Waals surface area contributed by atoms with Crippen molar-refractivity contribution in [2.45, 2.75) is 271 Å². The van der Waals surface area contributed by atoms with Gasteiger partial charge in [-0.15, -0.1) is 0 Å². The van der Waals surface area contributed by atoms with Gasteiger partial charge >= 0.3 is 0 Å². The molecule has 0 unspecified atom stereocenters. The van der Waals surface area contributed by atoms with Gasteiger partial charge in [0.25, 0.3) is 5.82 Å². The van der Waals surface area contributed by atoms with Gasteiger partial charge in [-0.2, -0.15) is 0 Å². The van der Waals surface area contributed by atoms with Crippen LogP contribution in [0.25, 0.3) is 0 Å². The Morgan fingerprint density at radius 3 is 1.02 bits per heavy atom. The van der Waals surface area contributed by atoms with Crippen LogP contribution in [0.1, 0.15) is 258 Å². The van der Waals surface area contributed by atoms with Gasteiger partial charge in [0, 0.05) is 6.42 Å². The van der Waals surface area contributed by atoms with Crippen molar-refractivity contribution in [1.82, 2.24) is 4.57 Å². The minimum absolute atomic E-state index is 1.23. The van der Waals surface area contributed by atoms with Gasteiger partial charge in [0.1, 0.15) is 12.4 Å². The molecule has 0 aromatic carbocycles. The minimum Gasteiger partial charge on any atom is -0.234 e. The number of imidazole rings is 1. The molecular weight excluding hydrogens is 569 g/mol. The predicted octanol–water partition coefficient (Wildman–Crippen LogP) is 15.4. The average Bonchev–Trinajstić information content (AvgIpc) is 3.47. The zero-order valence-corrected chi connectivity index (χ0v) is 33.1. The fourth-order valence-electron chi connectivity index (χ4n) is 7.56. The normalized spacial score (nSPS) is 11.6. The van der Waals surface area contributed by atoms with Crippen molar-refractivity contribution in [3.05, 3.63) is 18.2 Å². The molecular formula is C45H89N2+. The number of nitrogens with zero attached hydrogens (tertiary/aromatic N) is 2. The van der Waals surface area contributed by atoms with Gasteiger partial charge in [0.05, 0.1) is 13.1 Å². The van der Waals surface area contributed by atoms with Gasteiger partial charge < -0.3 is 0 Å². The fourth-order valence-corrected chi connectivity index (χ4v) is 7.56. The molecule has 0 bridgehead atoms. The summed E-state index contributed by atoms with van der Waals surface area (Å²) in [4.78, 5) is 0. The average molecular weight is 658 g/mol. The van der Waals surface area contributed by atoms with Crippen molar-refractivity contribution >= 4 is 0 Å². The molecule has 0 atom stereocenters. The van der Waals surface area contributed by atoms with Gasteiger partial charge in [-0.05, 0) is 32.1 Å². The van der Waals surface area contributed by atoms with Crippen LogP contribution in [0, 0.1) is 0 Å². The summed E-state index contributed by atoms with van der Waals surface area (Å²) >= 11 is 0. The number of unbranched alkanes of at least 4 members (excludes halogenated alkanes) is 33. The molecule has 278 valence electrons. The van der Waals surface area contributed by atoms with Crippen molar-refractivity contribution in [2.24, 2.45) is 0 Å². The second kappa shape index (κ2) is 36.5. The van der Waals surface area contributed by atoms with E-state index < -0.39 is 0 Å².